The fraction of sp³-hybridized carbons (Fsp3) is 0.350. The number of rotatable bonds is 5. The summed E-state index contributed by atoms with van der Waals surface area (Å²) in [4.78, 5) is 14.8. The van der Waals surface area contributed by atoms with E-state index in [-0.39, 0.29) is 23.0 Å². The number of anilines is 2. The van der Waals surface area contributed by atoms with E-state index in [0.29, 0.717) is 23.2 Å². The smallest absolute Gasteiger partial charge is 0.261 e. The van der Waals surface area contributed by atoms with E-state index < -0.39 is 26.1 Å². The minimum atomic E-state index is -3.69. The number of nitrogens with zero attached hydrogens (tertiary/aromatic N) is 3. The van der Waals surface area contributed by atoms with Gasteiger partial charge in [0.1, 0.15) is 16.1 Å². The van der Waals surface area contributed by atoms with Gasteiger partial charge in [-0.15, -0.1) is 0 Å². The molecule has 30 heavy (non-hydrogen) atoms. The maximum absolute atomic E-state index is 14.3. The fourth-order valence-electron chi connectivity index (χ4n) is 4.37. The van der Waals surface area contributed by atoms with Crippen molar-refractivity contribution in [3.63, 3.8) is 0 Å². The Morgan fingerprint density at radius 1 is 1.37 bits per heavy atom. The molecule has 2 N–H and O–H groups in total. The summed E-state index contributed by atoms with van der Waals surface area (Å²) in [6.07, 6.45) is 5.20. The lowest BCUT2D eigenvalue weighted by Crippen LogP contribution is -2.24. The van der Waals surface area contributed by atoms with Crippen LogP contribution in [0.15, 0.2) is 40.2 Å². The van der Waals surface area contributed by atoms with Crippen LogP contribution in [0.3, 0.4) is 0 Å². The number of nitrogens with one attached hydrogen (secondary N) is 2. The first-order valence-corrected chi connectivity index (χ1v) is 11.4. The van der Waals surface area contributed by atoms with Crippen molar-refractivity contribution in [1.29, 1.82) is 5.26 Å². The van der Waals surface area contributed by atoms with E-state index in [4.69, 9.17) is 0 Å². The minimum absolute atomic E-state index is 0.160. The standard InChI is InChI=1S/C20H18FN5O3S/c1-30(28,29)16-5-4-13(8-14(16)21)24-18-17-15(6-7-23-19(17)27)26(25-18)20(11-2-3-11)9-12(20)10-22/h4-8,11-12H,2-3,9H2,1H3,(H,23,27)(H,24,25). The molecule has 0 bridgehead atoms. The predicted octanol–water partition coefficient (Wildman–Crippen LogP) is 2.66. The second kappa shape index (κ2) is 6.15. The zero-order valence-electron chi connectivity index (χ0n) is 16.0. The van der Waals surface area contributed by atoms with Crippen LogP contribution in [0.4, 0.5) is 15.9 Å². The fourth-order valence-corrected chi connectivity index (χ4v) is 5.09. The van der Waals surface area contributed by atoms with Gasteiger partial charge in [-0.1, -0.05) is 0 Å². The molecule has 0 radical (unpaired) electrons. The second-order valence-electron chi connectivity index (χ2n) is 8.02. The van der Waals surface area contributed by atoms with Crippen LogP contribution in [-0.4, -0.2) is 29.4 Å². The molecule has 2 aliphatic carbocycles. The highest BCUT2D eigenvalue weighted by molar-refractivity contribution is 7.90. The van der Waals surface area contributed by atoms with Gasteiger partial charge < -0.3 is 10.3 Å². The van der Waals surface area contributed by atoms with Gasteiger partial charge in [0.05, 0.1) is 23.0 Å². The summed E-state index contributed by atoms with van der Waals surface area (Å²) in [7, 11) is -3.69. The molecule has 2 aromatic heterocycles. The van der Waals surface area contributed by atoms with Gasteiger partial charge in [0.2, 0.25) is 0 Å². The Morgan fingerprint density at radius 2 is 2.13 bits per heavy atom. The van der Waals surface area contributed by atoms with E-state index in [1.807, 2.05) is 0 Å². The number of halogens is 1. The first-order valence-electron chi connectivity index (χ1n) is 9.53. The average Bonchev–Trinajstić information content (AvgIpc) is 3.58. The molecule has 154 valence electrons. The van der Waals surface area contributed by atoms with Gasteiger partial charge in [-0.2, -0.15) is 10.4 Å². The lowest BCUT2D eigenvalue weighted by atomic mass is 10.1. The Kier molecular flexibility index (Phi) is 3.86. The third kappa shape index (κ3) is 2.73. The molecule has 8 nitrogen and oxygen atoms in total. The maximum atomic E-state index is 14.3. The molecule has 0 saturated heterocycles. The van der Waals surface area contributed by atoms with Crippen LogP contribution < -0.4 is 10.9 Å². The molecule has 0 spiro atoms. The van der Waals surface area contributed by atoms with Crippen molar-refractivity contribution in [2.45, 2.75) is 29.7 Å². The highest BCUT2D eigenvalue weighted by atomic mass is 32.2. The summed E-state index contributed by atoms with van der Waals surface area (Å²) in [6.45, 7) is 0. The third-order valence-electron chi connectivity index (χ3n) is 6.01. The van der Waals surface area contributed by atoms with Crippen LogP contribution in [-0.2, 0) is 15.4 Å². The number of hydrogen-bond donors (Lipinski definition) is 2. The summed E-state index contributed by atoms with van der Waals surface area (Å²) >= 11 is 0. The molecule has 1 aromatic carbocycles. The Balaban J connectivity index is 1.62. The van der Waals surface area contributed by atoms with E-state index in [9.17, 15) is 22.9 Å². The molecule has 3 aromatic rings. The van der Waals surface area contributed by atoms with Crippen molar-refractivity contribution in [3.05, 3.63) is 46.6 Å². The van der Waals surface area contributed by atoms with E-state index in [0.717, 1.165) is 25.2 Å². The van der Waals surface area contributed by atoms with Gasteiger partial charge >= 0.3 is 0 Å². The summed E-state index contributed by atoms with van der Waals surface area (Å²) in [6, 6.07) is 7.75. The number of sulfone groups is 1. The molecule has 0 amide bonds. The van der Waals surface area contributed by atoms with Crippen LogP contribution in [0.25, 0.3) is 10.9 Å². The van der Waals surface area contributed by atoms with Crippen LogP contribution in [0.2, 0.25) is 0 Å². The minimum Gasteiger partial charge on any atom is -0.338 e. The van der Waals surface area contributed by atoms with Gasteiger partial charge in [0.15, 0.2) is 15.7 Å². The van der Waals surface area contributed by atoms with E-state index in [2.05, 4.69) is 21.5 Å². The molecule has 2 unspecified atom stereocenters. The lowest BCUT2D eigenvalue weighted by molar-refractivity contribution is 0.375. The molecule has 0 aliphatic heterocycles. The third-order valence-corrected chi connectivity index (χ3v) is 7.14. The molecule has 2 aliphatic rings. The lowest BCUT2D eigenvalue weighted by Gasteiger charge is -2.17. The van der Waals surface area contributed by atoms with Crippen LogP contribution in [0.5, 0.6) is 0 Å². The van der Waals surface area contributed by atoms with Crippen LogP contribution >= 0.6 is 0 Å². The van der Waals surface area contributed by atoms with Crippen LogP contribution in [0, 0.1) is 29.0 Å². The molecule has 10 heteroatoms. The first kappa shape index (κ1) is 18.8. The van der Waals surface area contributed by atoms with Crippen molar-refractivity contribution in [2.24, 2.45) is 11.8 Å². The number of benzene rings is 1. The summed E-state index contributed by atoms with van der Waals surface area (Å²) in [5.41, 5.74) is 0.114. The SMILES string of the molecule is CS(=O)(=O)c1ccc(Nc2nn(C3(C4CC4)CC3C#N)c3cc[nH]c(=O)c23)cc1F. The monoisotopic (exact) mass is 427 g/mol. The Hall–Kier alpha value is -3.19. The van der Waals surface area contributed by atoms with Crippen molar-refractivity contribution in [3.8, 4) is 6.07 Å². The number of pyridine rings is 1. The van der Waals surface area contributed by atoms with Crippen molar-refractivity contribution in [1.82, 2.24) is 14.8 Å². The number of aromatic nitrogens is 3. The number of nitriles is 1. The van der Waals surface area contributed by atoms with Crippen LogP contribution in [0.1, 0.15) is 19.3 Å². The summed E-state index contributed by atoms with van der Waals surface area (Å²) < 4.78 is 39.4. The predicted molar refractivity (Wildman–Crippen MR) is 108 cm³/mol. The largest absolute Gasteiger partial charge is 0.338 e. The summed E-state index contributed by atoms with van der Waals surface area (Å²) in [5.74, 6) is -0.459. The Morgan fingerprint density at radius 3 is 2.73 bits per heavy atom. The zero-order chi connectivity index (χ0) is 21.3. The number of fused-ring (bicyclic) bond motifs is 1. The van der Waals surface area contributed by atoms with Crippen molar-refractivity contribution < 1.29 is 12.8 Å². The second-order valence-corrected chi connectivity index (χ2v) is 10.0. The molecular weight excluding hydrogens is 409 g/mol. The highest BCUT2D eigenvalue weighted by Crippen LogP contribution is 2.63. The zero-order valence-corrected chi connectivity index (χ0v) is 16.8. The van der Waals surface area contributed by atoms with Gasteiger partial charge in [0, 0.05) is 18.1 Å². The van der Waals surface area contributed by atoms with Gasteiger partial charge in [-0.05, 0) is 49.4 Å². The highest BCUT2D eigenvalue weighted by Gasteiger charge is 2.65. The number of H-pyrrole nitrogens is 1. The molecule has 5 rings (SSSR count). The van der Waals surface area contributed by atoms with E-state index in [1.54, 1.807) is 10.7 Å². The molecule has 2 atom stereocenters. The maximum Gasteiger partial charge on any atom is 0.261 e. The topological polar surface area (TPSA) is 121 Å². The normalized spacial score (nSPS) is 23.3. The van der Waals surface area contributed by atoms with E-state index >= 15 is 0 Å². The number of hydrogen-bond acceptors (Lipinski definition) is 6. The van der Waals surface area contributed by atoms with Crippen molar-refractivity contribution in [2.75, 3.05) is 11.6 Å². The Bertz CT molecular complexity index is 1400. The molecular formula is C20H18FN5O3S. The molecule has 2 fully saturated rings. The number of aromatic amines is 1. The molecule has 2 heterocycles. The van der Waals surface area contributed by atoms with Gasteiger partial charge in [0.25, 0.3) is 5.56 Å². The van der Waals surface area contributed by atoms with Crippen molar-refractivity contribution >= 4 is 32.2 Å². The average molecular weight is 427 g/mol. The quantitative estimate of drug-likeness (QED) is 0.646. The van der Waals surface area contributed by atoms with Gasteiger partial charge in [-0.25, -0.2) is 12.8 Å². The van der Waals surface area contributed by atoms with E-state index in [1.165, 1.54) is 18.3 Å². The van der Waals surface area contributed by atoms with Gasteiger partial charge in [-0.3, -0.25) is 9.48 Å². The Labute approximate surface area is 171 Å². The molecule has 2 saturated carbocycles. The first-order chi connectivity index (χ1) is 14.3. The summed E-state index contributed by atoms with van der Waals surface area (Å²) in [5, 5.41) is 17.4.